The minimum absolute atomic E-state index is 0.260. The highest BCUT2D eigenvalue weighted by Gasteiger charge is 2.28. The lowest BCUT2D eigenvalue weighted by Crippen LogP contribution is -2.31. The number of ketones is 1. The molecule has 0 saturated carbocycles. The Morgan fingerprint density at radius 3 is 2.10 bits per heavy atom. The predicted octanol–water partition coefficient (Wildman–Crippen LogP) is 3.39. The van der Waals surface area contributed by atoms with Crippen LogP contribution in [0.1, 0.15) is 37.7 Å². The van der Waals surface area contributed by atoms with Crippen molar-refractivity contribution in [3.05, 3.63) is 88.7 Å². The molecule has 29 heavy (non-hydrogen) atoms. The lowest BCUT2D eigenvalue weighted by molar-refractivity contribution is -0.117. The van der Waals surface area contributed by atoms with Crippen LogP contribution in [0.4, 0.5) is 5.69 Å². The van der Waals surface area contributed by atoms with E-state index >= 15 is 0 Å². The maximum absolute atomic E-state index is 12.8. The third-order valence-electron chi connectivity index (χ3n) is 4.91. The number of rotatable bonds is 6. The van der Waals surface area contributed by atoms with Gasteiger partial charge < -0.3 is 15.2 Å². The molecule has 0 bridgehead atoms. The number of nitrogens with one attached hydrogen (secondary N) is 2. The second-order valence-electron chi connectivity index (χ2n) is 6.81. The number of carbonyl (C=O) groups excluding carboxylic acids is 3. The Morgan fingerprint density at radius 1 is 0.897 bits per heavy atom. The van der Waals surface area contributed by atoms with Crippen molar-refractivity contribution >= 4 is 23.3 Å². The van der Waals surface area contributed by atoms with Crippen LogP contribution in [-0.4, -0.2) is 22.2 Å². The largest absolute Gasteiger partial charge is 0.345 e. The number of aromatic nitrogens is 1. The first-order valence-electron chi connectivity index (χ1n) is 9.29. The van der Waals surface area contributed by atoms with Crippen molar-refractivity contribution in [3.8, 4) is 0 Å². The van der Waals surface area contributed by atoms with Crippen molar-refractivity contribution in [2.45, 2.75) is 20.4 Å². The molecule has 2 N–H and O–H groups in total. The van der Waals surface area contributed by atoms with E-state index in [-0.39, 0.29) is 18.0 Å². The summed E-state index contributed by atoms with van der Waals surface area (Å²) >= 11 is 0. The summed E-state index contributed by atoms with van der Waals surface area (Å²) in [4.78, 5) is 38.0. The summed E-state index contributed by atoms with van der Waals surface area (Å²) in [6, 6.07) is 18.4. The molecule has 1 aromatic heterocycles. The number of anilines is 1. The Bertz CT molecular complexity index is 1050. The highest BCUT2D eigenvalue weighted by Crippen LogP contribution is 2.23. The van der Waals surface area contributed by atoms with E-state index in [0.717, 1.165) is 5.56 Å². The van der Waals surface area contributed by atoms with Crippen molar-refractivity contribution in [1.82, 2.24) is 9.88 Å². The quantitative estimate of drug-likeness (QED) is 0.501. The minimum Gasteiger partial charge on any atom is -0.345 e. The Balaban J connectivity index is 1.80. The van der Waals surface area contributed by atoms with Crippen LogP contribution < -0.4 is 10.6 Å². The summed E-state index contributed by atoms with van der Waals surface area (Å²) in [5.74, 6) is -1.67. The minimum atomic E-state index is -0.694. The van der Waals surface area contributed by atoms with Crippen LogP contribution >= 0.6 is 0 Å². The normalized spacial score (nSPS) is 10.4. The van der Waals surface area contributed by atoms with Gasteiger partial charge in [-0.1, -0.05) is 48.5 Å². The number of hydrogen-bond donors (Lipinski definition) is 2. The molecule has 6 heteroatoms. The predicted molar refractivity (Wildman–Crippen MR) is 112 cm³/mol. The average molecular weight is 389 g/mol. The smallest absolute Gasteiger partial charge is 0.292 e. The number of hydrogen-bond acceptors (Lipinski definition) is 3. The summed E-state index contributed by atoms with van der Waals surface area (Å²) < 4.78 is 1.64. The molecule has 0 saturated heterocycles. The van der Waals surface area contributed by atoms with Gasteiger partial charge in [-0.15, -0.1) is 0 Å². The summed E-state index contributed by atoms with van der Waals surface area (Å²) in [6.45, 7) is 3.67. The van der Waals surface area contributed by atoms with Crippen LogP contribution in [0, 0.1) is 13.8 Å². The third kappa shape index (κ3) is 4.27. The first-order chi connectivity index (χ1) is 13.9. The summed E-state index contributed by atoms with van der Waals surface area (Å²) in [7, 11) is 1.71. The van der Waals surface area contributed by atoms with E-state index in [4.69, 9.17) is 0 Å². The summed E-state index contributed by atoms with van der Waals surface area (Å²) in [5.41, 5.74) is 3.23. The van der Waals surface area contributed by atoms with Crippen molar-refractivity contribution in [3.63, 3.8) is 0 Å². The molecule has 6 nitrogen and oxygen atoms in total. The van der Waals surface area contributed by atoms with Crippen molar-refractivity contribution < 1.29 is 14.4 Å². The number of benzene rings is 2. The molecule has 2 aromatic carbocycles. The van der Waals surface area contributed by atoms with Crippen molar-refractivity contribution in [2.24, 2.45) is 7.05 Å². The standard InChI is InChI=1S/C23H23N3O3/c1-15-19(21(27)23(29)24-14-17-10-6-4-7-11-17)16(2)26(3)20(15)22(28)25-18-12-8-5-9-13-18/h4-13H,14H2,1-3H3,(H,24,29)(H,25,28). The molecule has 1 heterocycles. The number of amides is 2. The highest BCUT2D eigenvalue weighted by atomic mass is 16.2. The molecule has 148 valence electrons. The molecule has 0 atom stereocenters. The summed E-state index contributed by atoms with van der Waals surface area (Å²) in [6.07, 6.45) is 0. The van der Waals surface area contributed by atoms with E-state index in [0.29, 0.717) is 22.6 Å². The van der Waals surface area contributed by atoms with E-state index < -0.39 is 11.7 Å². The topological polar surface area (TPSA) is 80.2 Å². The molecule has 0 aliphatic carbocycles. The zero-order chi connectivity index (χ0) is 21.0. The Labute approximate surface area is 169 Å². The van der Waals surface area contributed by atoms with E-state index in [9.17, 15) is 14.4 Å². The Kier molecular flexibility index (Phi) is 5.93. The molecule has 0 aliphatic heterocycles. The molecule has 3 aromatic rings. The monoisotopic (exact) mass is 389 g/mol. The Hall–Kier alpha value is -3.67. The zero-order valence-corrected chi connectivity index (χ0v) is 16.7. The van der Waals surface area contributed by atoms with Gasteiger partial charge in [0.05, 0.1) is 5.56 Å². The number of para-hydroxylation sites is 1. The van der Waals surface area contributed by atoms with Crippen LogP contribution in [0.15, 0.2) is 60.7 Å². The molecule has 0 fully saturated rings. The average Bonchev–Trinajstić information content (AvgIpc) is 2.95. The number of Topliss-reactive ketones (excluding diaryl/α,β-unsaturated/α-hetero) is 1. The first-order valence-corrected chi connectivity index (χ1v) is 9.29. The summed E-state index contributed by atoms with van der Waals surface area (Å²) in [5, 5.41) is 5.47. The second kappa shape index (κ2) is 8.56. The van der Waals surface area contributed by atoms with Crippen molar-refractivity contribution in [1.29, 1.82) is 0 Å². The van der Waals surface area contributed by atoms with E-state index in [2.05, 4.69) is 10.6 Å². The third-order valence-corrected chi connectivity index (χ3v) is 4.91. The van der Waals surface area contributed by atoms with Crippen LogP contribution in [0.2, 0.25) is 0 Å². The lowest BCUT2D eigenvalue weighted by atomic mass is 10.0. The van der Waals surface area contributed by atoms with Crippen LogP contribution in [0.3, 0.4) is 0 Å². The molecule has 0 aliphatic rings. The molecule has 2 amide bonds. The van der Waals surface area contributed by atoms with Gasteiger partial charge in [-0.25, -0.2) is 0 Å². The van der Waals surface area contributed by atoms with Gasteiger partial charge in [0.25, 0.3) is 17.6 Å². The zero-order valence-electron chi connectivity index (χ0n) is 16.7. The maximum atomic E-state index is 12.8. The van der Waals surface area contributed by atoms with Gasteiger partial charge in [0, 0.05) is 25.0 Å². The van der Waals surface area contributed by atoms with Crippen molar-refractivity contribution in [2.75, 3.05) is 5.32 Å². The molecular formula is C23H23N3O3. The fourth-order valence-electron chi connectivity index (χ4n) is 3.32. The van der Waals surface area contributed by atoms with Gasteiger partial charge in [-0.3, -0.25) is 14.4 Å². The highest BCUT2D eigenvalue weighted by molar-refractivity contribution is 6.43. The number of nitrogens with zero attached hydrogens (tertiary/aromatic N) is 1. The molecular weight excluding hydrogens is 366 g/mol. The SMILES string of the molecule is Cc1c(C(=O)C(=O)NCc2ccccc2)c(C)n(C)c1C(=O)Nc1ccccc1. The molecule has 3 rings (SSSR count). The lowest BCUT2D eigenvalue weighted by Gasteiger charge is -2.08. The van der Waals surface area contributed by atoms with Gasteiger partial charge in [0.1, 0.15) is 5.69 Å². The van der Waals surface area contributed by atoms with E-state index in [1.165, 1.54) is 0 Å². The second-order valence-corrected chi connectivity index (χ2v) is 6.81. The van der Waals surface area contributed by atoms with Crippen LogP contribution in [0.25, 0.3) is 0 Å². The number of carbonyl (C=O) groups is 3. The molecule has 0 radical (unpaired) electrons. The first kappa shape index (κ1) is 20.1. The van der Waals surface area contributed by atoms with E-state index in [1.807, 2.05) is 48.5 Å². The molecule has 0 spiro atoms. The fraction of sp³-hybridized carbons (Fsp3) is 0.174. The van der Waals surface area contributed by atoms with Gasteiger partial charge in [-0.05, 0) is 37.1 Å². The van der Waals surface area contributed by atoms with Gasteiger partial charge >= 0.3 is 0 Å². The van der Waals surface area contributed by atoms with Crippen LogP contribution in [0.5, 0.6) is 0 Å². The van der Waals surface area contributed by atoms with Crippen LogP contribution in [-0.2, 0) is 18.4 Å². The maximum Gasteiger partial charge on any atom is 0.292 e. The van der Waals surface area contributed by atoms with E-state index in [1.54, 1.807) is 37.6 Å². The molecule has 0 unspecified atom stereocenters. The van der Waals surface area contributed by atoms with Gasteiger partial charge in [0.2, 0.25) is 0 Å². The van der Waals surface area contributed by atoms with Gasteiger partial charge in [0.15, 0.2) is 0 Å². The van der Waals surface area contributed by atoms with Gasteiger partial charge in [-0.2, -0.15) is 0 Å². The Morgan fingerprint density at radius 2 is 1.48 bits per heavy atom. The fourth-order valence-corrected chi connectivity index (χ4v) is 3.32.